The zero-order valence-electron chi connectivity index (χ0n) is 13.3. The van der Waals surface area contributed by atoms with Crippen molar-refractivity contribution in [2.75, 3.05) is 13.6 Å². The predicted octanol–water partition coefficient (Wildman–Crippen LogP) is 3.63. The molecule has 0 aromatic rings. The molecule has 3 nitrogen and oxygen atoms in total. The molecule has 0 bridgehead atoms. The van der Waals surface area contributed by atoms with Gasteiger partial charge in [0.1, 0.15) is 6.04 Å². The lowest BCUT2D eigenvalue weighted by molar-refractivity contribution is -0.143. The first-order valence-corrected chi connectivity index (χ1v) is 7.68. The summed E-state index contributed by atoms with van der Waals surface area (Å²) in [6.45, 7) is 9.89. The molecule has 1 rings (SSSR count). The van der Waals surface area contributed by atoms with Crippen LogP contribution in [0.1, 0.15) is 59.8 Å². The van der Waals surface area contributed by atoms with Gasteiger partial charge in [0.2, 0.25) is 0 Å². The minimum Gasteiger partial charge on any atom is -0.480 e. The topological polar surface area (TPSA) is 40.5 Å². The predicted molar refractivity (Wildman–Crippen MR) is 79.2 cm³/mol. The fourth-order valence-electron chi connectivity index (χ4n) is 3.42. The number of carboxylic acid groups (broad SMARTS) is 1. The second kappa shape index (κ2) is 6.74. The molecule has 1 aliphatic rings. The van der Waals surface area contributed by atoms with E-state index in [-0.39, 0.29) is 6.04 Å². The van der Waals surface area contributed by atoms with E-state index >= 15 is 0 Å². The zero-order valence-corrected chi connectivity index (χ0v) is 13.3. The van der Waals surface area contributed by atoms with E-state index in [1.807, 2.05) is 18.9 Å². The summed E-state index contributed by atoms with van der Waals surface area (Å²) in [7, 11) is 1.96. The van der Waals surface area contributed by atoms with Gasteiger partial charge < -0.3 is 5.11 Å². The van der Waals surface area contributed by atoms with Crippen molar-refractivity contribution in [2.24, 2.45) is 17.3 Å². The van der Waals surface area contributed by atoms with Crippen LogP contribution in [0.15, 0.2) is 0 Å². The molecule has 1 saturated carbocycles. The Labute approximate surface area is 118 Å². The Morgan fingerprint density at radius 2 is 1.79 bits per heavy atom. The number of likely N-dealkylation sites (N-methyl/N-ethyl adjacent to an activating group) is 1. The molecule has 1 aliphatic carbocycles. The summed E-state index contributed by atoms with van der Waals surface area (Å²) in [4.78, 5) is 13.2. The van der Waals surface area contributed by atoms with Crippen LogP contribution in [0.5, 0.6) is 0 Å². The third-order valence-corrected chi connectivity index (χ3v) is 4.82. The highest BCUT2D eigenvalue weighted by atomic mass is 16.4. The Balaban J connectivity index is 2.42. The summed E-state index contributed by atoms with van der Waals surface area (Å²) >= 11 is 0. The molecule has 0 heterocycles. The van der Waals surface area contributed by atoms with Crippen LogP contribution in [0, 0.1) is 17.3 Å². The average Bonchev–Trinajstić information content (AvgIpc) is 2.28. The fourth-order valence-corrected chi connectivity index (χ4v) is 3.42. The average molecular weight is 269 g/mol. The van der Waals surface area contributed by atoms with Crippen molar-refractivity contribution >= 4 is 5.97 Å². The second-order valence-electron chi connectivity index (χ2n) is 7.29. The number of carbonyl (C=O) groups is 1. The summed E-state index contributed by atoms with van der Waals surface area (Å²) in [6, 6.07) is -0.319. The molecule has 0 spiro atoms. The molecule has 0 aromatic heterocycles. The molecule has 19 heavy (non-hydrogen) atoms. The number of hydrogen-bond acceptors (Lipinski definition) is 2. The van der Waals surface area contributed by atoms with Gasteiger partial charge in [-0.15, -0.1) is 0 Å². The monoisotopic (exact) mass is 269 g/mol. The SMILES string of the molecule is CCC(C(=O)O)N(C)CC1CCC(C(C)(C)C)CC1. The van der Waals surface area contributed by atoms with Gasteiger partial charge >= 0.3 is 5.97 Å². The fraction of sp³-hybridized carbons (Fsp3) is 0.938. The highest BCUT2D eigenvalue weighted by molar-refractivity contribution is 5.73. The van der Waals surface area contributed by atoms with Gasteiger partial charge in [0.15, 0.2) is 0 Å². The number of carboxylic acids is 1. The highest BCUT2D eigenvalue weighted by Gasteiger charge is 2.31. The lowest BCUT2D eigenvalue weighted by Crippen LogP contribution is -2.41. The minimum absolute atomic E-state index is 0.319. The molecule has 1 atom stereocenters. The Morgan fingerprint density at radius 3 is 2.16 bits per heavy atom. The molecule has 0 aliphatic heterocycles. The van der Waals surface area contributed by atoms with Crippen molar-refractivity contribution in [1.29, 1.82) is 0 Å². The van der Waals surface area contributed by atoms with Crippen LogP contribution < -0.4 is 0 Å². The number of nitrogens with zero attached hydrogens (tertiary/aromatic N) is 1. The van der Waals surface area contributed by atoms with E-state index in [0.29, 0.717) is 17.8 Å². The summed E-state index contributed by atoms with van der Waals surface area (Å²) in [5.74, 6) is 0.820. The largest absolute Gasteiger partial charge is 0.480 e. The van der Waals surface area contributed by atoms with Crippen molar-refractivity contribution < 1.29 is 9.90 Å². The van der Waals surface area contributed by atoms with Gasteiger partial charge in [0, 0.05) is 6.54 Å². The van der Waals surface area contributed by atoms with E-state index in [4.69, 9.17) is 0 Å². The Hall–Kier alpha value is -0.570. The zero-order chi connectivity index (χ0) is 14.6. The molecular formula is C16H31NO2. The van der Waals surface area contributed by atoms with Gasteiger partial charge in [0.05, 0.1) is 0 Å². The van der Waals surface area contributed by atoms with Crippen LogP contribution in [-0.2, 0) is 4.79 Å². The standard InChI is InChI=1S/C16H31NO2/c1-6-14(15(18)19)17(5)11-12-7-9-13(10-8-12)16(2,3)4/h12-14H,6-11H2,1-5H3,(H,18,19). The Morgan fingerprint density at radius 1 is 1.26 bits per heavy atom. The van der Waals surface area contributed by atoms with Crippen molar-refractivity contribution in [3.05, 3.63) is 0 Å². The minimum atomic E-state index is -0.687. The second-order valence-corrected chi connectivity index (χ2v) is 7.29. The van der Waals surface area contributed by atoms with E-state index in [9.17, 15) is 9.90 Å². The smallest absolute Gasteiger partial charge is 0.320 e. The number of hydrogen-bond donors (Lipinski definition) is 1. The Bertz CT molecular complexity index is 288. The third-order valence-electron chi connectivity index (χ3n) is 4.82. The number of rotatable bonds is 5. The molecule has 0 saturated heterocycles. The molecule has 1 unspecified atom stereocenters. The van der Waals surface area contributed by atoms with Crippen molar-refractivity contribution in [1.82, 2.24) is 4.90 Å². The molecule has 1 N–H and O–H groups in total. The molecule has 0 amide bonds. The van der Waals surface area contributed by atoms with E-state index in [0.717, 1.165) is 12.5 Å². The van der Waals surface area contributed by atoms with Gasteiger partial charge in [-0.3, -0.25) is 9.69 Å². The van der Waals surface area contributed by atoms with Crippen LogP contribution in [0.25, 0.3) is 0 Å². The van der Waals surface area contributed by atoms with Crippen molar-refractivity contribution in [3.63, 3.8) is 0 Å². The van der Waals surface area contributed by atoms with Crippen LogP contribution >= 0.6 is 0 Å². The summed E-state index contributed by atoms with van der Waals surface area (Å²) in [5, 5.41) is 9.18. The third kappa shape index (κ3) is 4.79. The maximum Gasteiger partial charge on any atom is 0.320 e. The maximum absolute atomic E-state index is 11.2. The van der Waals surface area contributed by atoms with Crippen LogP contribution in [0.3, 0.4) is 0 Å². The van der Waals surface area contributed by atoms with Crippen LogP contribution in [0.4, 0.5) is 0 Å². The van der Waals surface area contributed by atoms with E-state index in [2.05, 4.69) is 20.8 Å². The van der Waals surface area contributed by atoms with Crippen LogP contribution in [-0.4, -0.2) is 35.6 Å². The molecule has 0 radical (unpaired) electrons. The summed E-state index contributed by atoms with van der Waals surface area (Å²) in [6.07, 6.45) is 5.78. The maximum atomic E-state index is 11.2. The lowest BCUT2D eigenvalue weighted by Gasteiger charge is -2.38. The number of aliphatic carboxylic acids is 1. The quantitative estimate of drug-likeness (QED) is 0.828. The van der Waals surface area contributed by atoms with Gasteiger partial charge in [-0.05, 0) is 56.4 Å². The normalized spacial score (nSPS) is 26.4. The van der Waals surface area contributed by atoms with Gasteiger partial charge in [-0.25, -0.2) is 0 Å². The molecule has 112 valence electrons. The van der Waals surface area contributed by atoms with E-state index in [1.165, 1.54) is 25.7 Å². The van der Waals surface area contributed by atoms with Gasteiger partial charge in [0.25, 0.3) is 0 Å². The first kappa shape index (κ1) is 16.5. The lowest BCUT2D eigenvalue weighted by atomic mass is 9.70. The van der Waals surface area contributed by atoms with E-state index < -0.39 is 5.97 Å². The first-order chi connectivity index (χ1) is 8.75. The van der Waals surface area contributed by atoms with Crippen molar-refractivity contribution in [3.8, 4) is 0 Å². The first-order valence-electron chi connectivity index (χ1n) is 7.68. The molecular weight excluding hydrogens is 238 g/mol. The highest BCUT2D eigenvalue weighted by Crippen LogP contribution is 2.39. The summed E-state index contributed by atoms with van der Waals surface area (Å²) < 4.78 is 0. The molecule has 3 heteroatoms. The molecule has 0 aromatic carbocycles. The van der Waals surface area contributed by atoms with Gasteiger partial charge in [-0.2, -0.15) is 0 Å². The molecule has 1 fully saturated rings. The summed E-state index contributed by atoms with van der Waals surface area (Å²) in [5.41, 5.74) is 0.421. The van der Waals surface area contributed by atoms with E-state index in [1.54, 1.807) is 0 Å². The Kier molecular flexibility index (Phi) is 5.84. The van der Waals surface area contributed by atoms with Crippen LogP contribution in [0.2, 0.25) is 0 Å². The van der Waals surface area contributed by atoms with Gasteiger partial charge in [-0.1, -0.05) is 27.7 Å². The van der Waals surface area contributed by atoms with Crippen molar-refractivity contribution in [2.45, 2.75) is 65.8 Å².